The molecule has 0 radical (unpaired) electrons. The van der Waals surface area contributed by atoms with Gasteiger partial charge >= 0.3 is 5.91 Å². The predicted molar refractivity (Wildman–Crippen MR) is 146 cm³/mol. The highest BCUT2D eigenvalue weighted by Gasteiger charge is 2.48. The van der Waals surface area contributed by atoms with Crippen LogP contribution >= 0.6 is 11.3 Å². The van der Waals surface area contributed by atoms with Crippen molar-refractivity contribution in [1.82, 2.24) is 4.98 Å². The van der Waals surface area contributed by atoms with Crippen LogP contribution < -0.4 is 19.1 Å². The smallest absolute Gasteiger partial charge is 0.301 e. The van der Waals surface area contributed by atoms with E-state index >= 15 is 0 Å². The van der Waals surface area contributed by atoms with Gasteiger partial charge in [0.15, 0.2) is 16.6 Å². The number of methoxy groups -OCH3 is 3. The number of aryl methyl sites for hydroxylation is 2. The van der Waals surface area contributed by atoms with E-state index in [9.17, 15) is 14.7 Å². The predicted octanol–water partition coefficient (Wildman–Crippen LogP) is 5.57. The average Bonchev–Trinajstić information content (AvgIpc) is 3.46. The summed E-state index contributed by atoms with van der Waals surface area (Å²) < 4.78 is 17.0. The highest BCUT2D eigenvalue weighted by molar-refractivity contribution is 7.22. The van der Waals surface area contributed by atoms with Crippen LogP contribution in [-0.4, -0.2) is 43.1 Å². The summed E-state index contributed by atoms with van der Waals surface area (Å²) >= 11 is 1.26. The van der Waals surface area contributed by atoms with Crippen LogP contribution in [0.1, 0.15) is 28.3 Å². The molecule has 1 aromatic heterocycles. The number of carbonyl (C=O) groups is 2. The summed E-state index contributed by atoms with van der Waals surface area (Å²) in [5, 5.41) is 11.9. The van der Waals surface area contributed by atoms with Crippen molar-refractivity contribution in [2.75, 3.05) is 26.2 Å². The van der Waals surface area contributed by atoms with Crippen LogP contribution in [0.5, 0.6) is 17.2 Å². The lowest BCUT2D eigenvalue weighted by Gasteiger charge is -2.24. The summed E-state index contributed by atoms with van der Waals surface area (Å²) in [5.41, 5.74) is 3.38. The van der Waals surface area contributed by atoms with Crippen molar-refractivity contribution >= 4 is 44.1 Å². The first-order chi connectivity index (χ1) is 18.3. The third-order valence-electron chi connectivity index (χ3n) is 6.61. The third kappa shape index (κ3) is 4.14. The van der Waals surface area contributed by atoms with E-state index in [1.807, 2.05) is 32.0 Å². The quantitative estimate of drug-likeness (QED) is 0.198. The van der Waals surface area contributed by atoms with Gasteiger partial charge in [0, 0.05) is 5.56 Å². The van der Waals surface area contributed by atoms with E-state index in [2.05, 4.69) is 4.98 Å². The Morgan fingerprint density at radius 1 is 0.921 bits per heavy atom. The normalized spacial score (nSPS) is 16.8. The molecule has 0 aliphatic carbocycles. The first-order valence-corrected chi connectivity index (χ1v) is 12.6. The van der Waals surface area contributed by atoms with Gasteiger partial charge in [0.25, 0.3) is 5.78 Å². The lowest BCUT2D eigenvalue weighted by molar-refractivity contribution is -0.132. The van der Waals surface area contributed by atoms with E-state index in [1.54, 1.807) is 43.5 Å². The van der Waals surface area contributed by atoms with Crippen LogP contribution in [0.15, 0.2) is 60.2 Å². The minimum atomic E-state index is -0.947. The molecule has 4 aromatic rings. The number of hydrogen-bond acceptors (Lipinski definition) is 8. The van der Waals surface area contributed by atoms with E-state index in [0.717, 1.165) is 15.8 Å². The molecule has 1 aliphatic heterocycles. The number of benzene rings is 3. The minimum Gasteiger partial charge on any atom is -0.507 e. The molecular weight excluding hydrogens is 504 g/mol. The van der Waals surface area contributed by atoms with Crippen LogP contribution in [-0.2, 0) is 9.59 Å². The molecule has 5 rings (SSSR count). The lowest BCUT2D eigenvalue weighted by atomic mass is 9.93. The van der Waals surface area contributed by atoms with Gasteiger partial charge in [-0.25, -0.2) is 4.98 Å². The first-order valence-electron chi connectivity index (χ1n) is 11.8. The Balaban J connectivity index is 1.76. The first kappa shape index (κ1) is 25.3. The largest absolute Gasteiger partial charge is 0.507 e. The monoisotopic (exact) mass is 530 g/mol. The number of ketones is 1. The maximum Gasteiger partial charge on any atom is 0.301 e. The van der Waals surface area contributed by atoms with E-state index in [-0.39, 0.29) is 11.3 Å². The Labute approximate surface area is 223 Å². The van der Waals surface area contributed by atoms with Gasteiger partial charge in [-0.3, -0.25) is 14.5 Å². The fourth-order valence-corrected chi connectivity index (χ4v) is 5.65. The van der Waals surface area contributed by atoms with E-state index in [1.165, 1.54) is 30.5 Å². The maximum atomic E-state index is 13.6. The van der Waals surface area contributed by atoms with Crippen molar-refractivity contribution in [2.45, 2.75) is 19.9 Å². The number of hydrogen-bond donors (Lipinski definition) is 1. The minimum absolute atomic E-state index is 0.0206. The van der Waals surface area contributed by atoms with E-state index in [4.69, 9.17) is 14.2 Å². The number of fused-ring (bicyclic) bond motifs is 1. The number of thiazole rings is 1. The van der Waals surface area contributed by atoms with Crippen molar-refractivity contribution in [3.05, 3.63) is 82.4 Å². The molecule has 1 atom stereocenters. The summed E-state index contributed by atoms with van der Waals surface area (Å²) in [7, 11) is 4.61. The number of nitrogens with zero attached hydrogens (tertiary/aromatic N) is 2. The maximum absolute atomic E-state index is 13.6. The SMILES string of the molecule is COc1ccc2nc(N3C(=O)C(=O)C(=C(O)c4cc(C)ccc4C)C3c3ccc(OC)c(OC)c3)sc2c1. The van der Waals surface area contributed by atoms with Gasteiger partial charge in [0.05, 0.1) is 43.2 Å². The van der Waals surface area contributed by atoms with Crippen LogP contribution in [0, 0.1) is 13.8 Å². The summed E-state index contributed by atoms with van der Waals surface area (Å²) in [5.74, 6) is -0.232. The van der Waals surface area contributed by atoms with E-state index in [0.29, 0.717) is 39.0 Å². The van der Waals surface area contributed by atoms with Crippen molar-refractivity contribution in [1.29, 1.82) is 0 Å². The molecule has 38 heavy (non-hydrogen) atoms. The Hall–Kier alpha value is -4.37. The number of rotatable bonds is 6. The lowest BCUT2D eigenvalue weighted by Crippen LogP contribution is -2.29. The molecular formula is C29H26N2O6S. The van der Waals surface area contributed by atoms with Crippen molar-refractivity contribution in [2.24, 2.45) is 0 Å². The van der Waals surface area contributed by atoms with Crippen LogP contribution in [0.2, 0.25) is 0 Å². The highest BCUT2D eigenvalue weighted by atomic mass is 32.1. The second-order valence-electron chi connectivity index (χ2n) is 8.93. The Morgan fingerprint density at radius 2 is 1.68 bits per heavy atom. The molecule has 0 bridgehead atoms. The summed E-state index contributed by atoms with van der Waals surface area (Å²) in [4.78, 5) is 33.2. The molecule has 2 heterocycles. The van der Waals surface area contributed by atoms with Crippen molar-refractivity contribution < 1.29 is 28.9 Å². The number of ether oxygens (including phenoxy) is 3. The molecule has 9 heteroatoms. The second kappa shape index (κ2) is 9.83. The van der Waals surface area contributed by atoms with Gasteiger partial charge in [-0.1, -0.05) is 35.1 Å². The number of aliphatic hydroxyl groups excluding tert-OH is 1. The zero-order valence-corrected chi connectivity index (χ0v) is 22.4. The number of aromatic nitrogens is 1. The summed E-state index contributed by atoms with van der Waals surface area (Å²) in [6.07, 6.45) is 0. The van der Waals surface area contributed by atoms with Gasteiger partial charge in [-0.15, -0.1) is 0 Å². The fraction of sp³-hybridized carbons (Fsp3) is 0.207. The molecule has 194 valence electrons. The Kier molecular flexibility index (Phi) is 6.54. The molecule has 1 amide bonds. The molecule has 8 nitrogen and oxygen atoms in total. The second-order valence-corrected chi connectivity index (χ2v) is 9.94. The van der Waals surface area contributed by atoms with Crippen molar-refractivity contribution in [3.63, 3.8) is 0 Å². The molecule has 1 unspecified atom stereocenters. The van der Waals surface area contributed by atoms with Crippen LogP contribution in [0.4, 0.5) is 5.13 Å². The van der Waals surface area contributed by atoms with Crippen LogP contribution in [0.3, 0.4) is 0 Å². The molecule has 0 spiro atoms. The molecule has 1 N–H and O–H groups in total. The Morgan fingerprint density at radius 3 is 2.39 bits per heavy atom. The Bertz CT molecular complexity index is 1620. The van der Waals surface area contributed by atoms with Gasteiger partial charge in [0.1, 0.15) is 11.5 Å². The molecule has 1 fully saturated rings. The van der Waals surface area contributed by atoms with Gasteiger partial charge in [-0.05, 0) is 61.4 Å². The molecule has 3 aromatic carbocycles. The van der Waals surface area contributed by atoms with Gasteiger partial charge in [-0.2, -0.15) is 0 Å². The zero-order valence-electron chi connectivity index (χ0n) is 21.6. The fourth-order valence-electron chi connectivity index (χ4n) is 4.63. The molecule has 1 saturated heterocycles. The summed E-state index contributed by atoms with van der Waals surface area (Å²) in [6.45, 7) is 3.74. The highest BCUT2D eigenvalue weighted by Crippen LogP contribution is 2.46. The topological polar surface area (TPSA) is 98.2 Å². The standard InChI is InChI=1S/C29H26N2O6S/c1-15-6-7-16(2)19(12-15)26(32)24-25(17-8-11-21(36-4)22(13-17)37-5)31(28(34)27(24)33)29-30-20-10-9-18(35-3)14-23(20)38-29/h6-14,25,32H,1-5H3. The summed E-state index contributed by atoms with van der Waals surface area (Å²) in [6, 6.07) is 15.2. The number of anilines is 1. The number of Topliss-reactive ketones (excluding diaryl/α,β-unsaturated/α-hetero) is 1. The number of aliphatic hydroxyl groups is 1. The molecule has 1 aliphatic rings. The van der Waals surface area contributed by atoms with Gasteiger partial charge in [0.2, 0.25) is 0 Å². The number of carbonyl (C=O) groups excluding carboxylic acids is 2. The third-order valence-corrected chi connectivity index (χ3v) is 7.62. The van der Waals surface area contributed by atoms with Crippen LogP contribution in [0.25, 0.3) is 16.0 Å². The van der Waals surface area contributed by atoms with Crippen molar-refractivity contribution in [3.8, 4) is 17.2 Å². The zero-order chi connectivity index (χ0) is 27.1. The van der Waals surface area contributed by atoms with E-state index < -0.39 is 17.7 Å². The average molecular weight is 531 g/mol. The molecule has 0 saturated carbocycles. The number of amides is 1. The van der Waals surface area contributed by atoms with Gasteiger partial charge < -0.3 is 19.3 Å².